The fourth-order valence-electron chi connectivity index (χ4n) is 1.66. The molecule has 0 fully saturated rings. The van der Waals surface area contributed by atoms with Gasteiger partial charge >= 0.3 is 5.97 Å². The van der Waals surface area contributed by atoms with Gasteiger partial charge in [-0.25, -0.2) is 4.79 Å². The van der Waals surface area contributed by atoms with E-state index in [4.69, 9.17) is 9.84 Å². The molecule has 0 saturated carbocycles. The second-order valence-corrected chi connectivity index (χ2v) is 5.23. The average molecular weight is 262 g/mol. The van der Waals surface area contributed by atoms with Crippen LogP contribution in [0.3, 0.4) is 0 Å². The molecule has 0 saturated heterocycles. The number of ether oxygens (including phenoxy) is 1. The molecular weight excluding hydrogens is 240 g/mol. The fraction of sp³-hybridized carbons (Fsp3) is 0.438. The van der Waals surface area contributed by atoms with E-state index in [0.717, 1.165) is 11.3 Å². The summed E-state index contributed by atoms with van der Waals surface area (Å²) in [5.41, 5.74) is 1.99. The first-order chi connectivity index (χ1) is 8.90. The molecule has 1 rings (SSSR count). The van der Waals surface area contributed by atoms with Gasteiger partial charge in [0.15, 0.2) is 0 Å². The topological polar surface area (TPSA) is 46.5 Å². The Morgan fingerprint density at radius 1 is 1.32 bits per heavy atom. The predicted octanol–water partition coefficient (Wildman–Crippen LogP) is 3.86. The quantitative estimate of drug-likeness (QED) is 0.792. The van der Waals surface area contributed by atoms with Crippen LogP contribution in [0.25, 0.3) is 0 Å². The molecule has 1 aromatic carbocycles. The lowest BCUT2D eigenvalue weighted by atomic mass is 10.0. The van der Waals surface area contributed by atoms with Gasteiger partial charge < -0.3 is 9.84 Å². The smallest absolute Gasteiger partial charge is 0.328 e. The summed E-state index contributed by atoms with van der Waals surface area (Å²) >= 11 is 0. The van der Waals surface area contributed by atoms with Gasteiger partial charge in [0, 0.05) is 6.08 Å². The zero-order chi connectivity index (χ0) is 14.4. The lowest BCUT2D eigenvalue weighted by molar-refractivity contribution is -0.131. The van der Waals surface area contributed by atoms with E-state index in [1.54, 1.807) is 0 Å². The Hall–Kier alpha value is -1.77. The standard InChI is InChI=1S/C16H22O3/c1-11(2)13-6-5-7-15(8-13)19-10-14(12(3)4)9-16(17)18/h5-9,11-12H,10H2,1-4H3,(H,17,18)/b14-9-. The van der Waals surface area contributed by atoms with Crippen molar-refractivity contribution < 1.29 is 14.6 Å². The van der Waals surface area contributed by atoms with Crippen molar-refractivity contribution in [2.45, 2.75) is 33.6 Å². The molecule has 0 amide bonds. The molecule has 1 N–H and O–H groups in total. The average Bonchev–Trinajstić information content (AvgIpc) is 2.34. The Morgan fingerprint density at radius 3 is 2.53 bits per heavy atom. The van der Waals surface area contributed by atoms with Crippen molar-refractivity contribution in [3.05, 3.63) is 41.5 Å². The van der Waals surface area contributed by atoms with E-state index in [2.05, 4.69) is 19.9 Å². The van der Waals surface area contributed by atoms with Gasteiger partial charge in [0.1, 0.15) is 12.4 Å². The van der Waals surface area contributed by atoms with E-state index in [0.29, 0.717) is 12.5 Å². The number of hydrogen-bond acceptors (Lipinski definition) is 2. The Labute approximate surface area is 114 Å². The Balaban J connectivity index is 2.74. The highest BCUT2D eigenvalue weighted by atomic mass is 16.5. The van der Waals surface area contributed by atoms with Crippen LogP contribution in [0.1, 0.15) is 39.2 Å². The minimum Gasteiger partial charge on any atom is -0.489 e. The molecule has 0 aromatic heterocycles. The van der Waals surface area contributed by atoms with Crippen LogP contribution in [0.4, 0.5) is 0 Å². The molecule has 0 spiro atoms. The maximum Gasteiger partial charge on any atom is 0.328 e. The van der Waals surface area contributed by atoms with Gasteiger partial charge in [0.25, 0.3) is 0 Å². The van der Waals surface area contributed by atoms with Crippen LogP contribution in [-0.2, 0) is 4.79 Å². The van der Waals surface area contributed by atoms with Crippen LogP contribution >= 0.6 is 0 Å². The van der Waals surface area contributed by atoms with Crippen LogP contribution in [0, 0.1) is 5.92 Å². The first-order valence-corrected chi connectivity index (χ1v) is 6.56. The summed E-state index contributed by atoms with van der Waals surface area (Å²) in [5.74, 6) is 0.457. The summed E-state index contributed by atoms with van der Waals surface area (Å²) < 4.78 is 5.69. The molecular formula is C16H22O3. The largest absolute Gasteiger partial charge is 0.489 e. The van der Waals surface area contributed by atoms with Crippen molar-refractivity contribution in [3.8, 4) is 5.75 Å². The van der Waals surface area contributed by atoms with E-state index < -0.39 is 5.97 Å². The van der Waals surface area contributed by atoms with E-state index in [1.165, 1.54) is 11.6 Å². The van der Waals surface area contributed by atoms with Crippen LogP contribution in [0.2, 0.25) is 0 Å². The molecule has 0 aliphatic rings. The van der Waals surface area contributed by atoms with Crippen LogP contribution < -0.4 is 4.74 Å². The van der Waals surface area contributed by atoms with Gasteiger partial charge in [-0.2, -0.15) is 0 Å². The minimum absolute atomic E-state index is 0.157. The third-order valence-electron chi connectivity index (χ3n) is 2.98. The van der Waals surface area contributed by atoms with Gasteiger partial charge in [0.2, 0.25) is 0 Å². The van der Waals surface area contributed by atoms with Crippen molar-refractivity contribution in [3.63, 3.8) is 0 Å². The minimum atomic E-state index is -0.928. The van der Waals surface area contributed by atoms with E-state index >= 15 is 0 Å². The number of benzene rings is 1. The fourth-order valence-corrected chi connectivity index (χ4v) is 1.66. The second kappa shape index (κ2) is 6.98. The van der Waals surface area contributed by atoms with E-state index in [-0.39, 0.29) is 5.92 Å². The first kappa shape index (κ1) is 15.3. The van der Waals surface area contributed by atoms with Gasteiger partial charge in [-0.15, -0.1) is 0 Å². The predicted molar refractivity (Wildman–Crippen MR) is 76.6 cm³/mol. The van der Waals surface area contributed by atoms with Gasteiger partial charge in [-0.3, -0.25) is 0 Å². The highest BCUT2D eigenvalue weighted by Crippen LogP contribution is 2.21. The third kappa shape index (κ3) is 5.16. The number of carboxylic acid groups (broad SMARTS) is 1. The normalized spacial score (nSPS) is 12.0. The summed E-state index contributed by atoms with van der Waals surface area (Å²) in [5, 5.41) is 8.81. The molecule has 0 bridgehead atoms. The highest BCUT2D eigenvalue weighted by molar-refractivity contribution is 5.80. The summed E-state index contributed by atoms with van der Waals surface area (Å²) in [7, 11) is 0. The Kier molecular flexibility index (Phi) is 5.61. The molecule has 1 aromatic rings. The SMILES string of the molecule is CC(C)/C(=C\C(=O)O)COc1cccc(C(C)C)c1. The highest BCUT2D eigenvalue weighted by Gasteiger charge is 2.08. The molecule has 0 radical (unpaired) electrons. The molecule has 19 heavy (non-hydrogen) atoms. The second-order valence-electron chi connectivity index (χ2n) is 5.23. The van der Waals surface area contributed by atoms with Gasteiger partial charge in [-0.1, -0.05) is 39.8 Å². The third-order valence-corrected chi connectivity index (χ3v) is 2.98. The molecule has 0 heterocycles. The Morgan fingerprint density at radius 2 is 2.00 bits per heavy atom. The van der Waals surface area contributed by atoms with Crippen molar-refractivity contribution in [1.82, 2.24) is 0 Å². The van der Waals surface area contributed by atoms with Crippen LogP contribution in [0.5, 0.6) is 5.75 Å². The zero-order valence-corrected chi connectivity index (χ0v) is 12.0. The molecule has 3 nitrogen and oxygen atoms in total. The zero-order valence-electron chi connectivity index (χ0n) is 12.0. The maximum atomic E-state index is 10.7. The first-order valence-electron chi connectivity index (χ1n) is 6.56. The summed E-state index contributed by atoms with van der Waals surface area (Å²) in [6, 6.07) is 7.92. The van der Waals surface area contributed by atoms with Crippen molar-refractivity contribution in [2.24, 2.45) is 5.92 Å². The number of rotatable bonds is 6. The molecule has 0 aliphatic carbocycles. The van der Waals surface area contributed by atoms with Crippen LogP contribution in [0.15, 0.2) is 35.9 Å². The molecule has 0 aliphatic heterocycles. The van der Waals surface area contributed by atoms with Gasteiger partial charge in [-0.05, 0) is 35.1 Å². The number of carboxylic acids is 1. The van der Waals surface area contributed by atoms with E-state index in [1.807, 2.05) is 32.0 Å². The number of carbonyl (C=O) groups is 1. The summed E-state index contributed by atoms with van der Waals surface area (Å²) in [6.07, 6.45) is 1.23. The van der Waals surface area contributed by atoms with Crippen molar-refractivity contribution in [2.75, 3.05) is 6.61 Å². The summed E-state index contributed by atoms with van der Waals surface area (Å²) in [6.45, 7) is 8.49. The van der Waals surface area contributed by atoms with Crippen LogP contribution in [-0.4, -0.2) is 17.7 Å². The van der Waals surface area contributed by atoms with E-state index in [9.17, 15) is 4.79 Å². The molecule has 0 unspecified atom stereocenters. The maximum absolute atomic E-state index is 10.7. The number of aliphatic carboxylic acids is 1. The molecule has 0 atom stereocenters. The lowest BCUT2D eigenvalue weighted by Crippen LogP contribution is -2.09. The molecule has 3 heteroatoms. The van der Waals surface area contributed by atoms with Gasteiger partial charge in [0.05, 0.1) is 0 Å². The van der Waals surface area contributed by atoms with Crippen molar-refractivity contribution >= 4 is 5.97 Å². The number of hydrogen-bond donors (Lipinski definition) is 1. The monoisotopic (exact) mass is 262 g/mol. The summed E-state index contributed by atoms with van der Waals surface area (Å²) in [4.78, 5) is 10.7. The Bertz CT molecular complexity index is 459. The van der Waals surface area contributed by atoms with Crippen molar-refractivity contribution in [1.29, 1.82) is 0 Å². The lowest BCUT2D eigenvalue weighted by Gasteiger charge is -2.14. The molecule has 104 valence electrons.